The first kappa shape index (κ1) is 12.4. The third kappa shape index (κ3) is 2.17. The van der Waals surface area contributed by atoms with Gasteiger partial charge in [0.05, 0.1) is 0 Å². The fourth-order valence-electron chi connectivity index (χ4n) is 2.25. The summed E-state index contributed by atoms with van der Waals surface area (Å²) >= 11 is 0. The maximum Gasteiger partial charge on any atom is 0.0462 e. The van der Waals surface area contributed by atoms with Gasteiger partial charge in [-0.2, -0.15) is 0 Å². The molecule has 3 rings (SSSR count). The molecule has 1 N–H and O–H groups in total. The Morgan fingerprint density at radius 3 is 2.11 bits per heavy atom. The third-order valence-electron chi connectivity index (χ3n) is 2.96. The third-order valence-corrected chi connectivity index (χ3v) is 2.96. The Kier molecular flexibility index (Phi) is 3.83. The second-order valence-corrected chi connectivity index (χ2v) is 4.04. The molecule has 92 valence electrons. The molecule has 0 atom stereocenters. The number of fused-ring (bicyclic) bond motifs is 1. The van der Waals surface area contributed by atoms with Crippen LogP contribution in [-0.2, 0) is 0 Å². The van der Waals surface area contributed by atoms with Crippen molar-refractivity contribution in [3.63, 3.8) is 0 Å². The van der Waals surface area contributed by atoms with E-state index < -0.39 is 0 Å². The summed E-state index contributed by atoms with van der Waals surface area (Å²) in [6, 6.07) is 19.0. The van der Waals surface area contributed by atoms with Crippen LogP contribution in [0.4, 0.5) is 0 Å². The number of nitrogens with one attached hydrogen (secondary N) is 1. The molecule has 0 radical (unpaired) electrons. The van der Waals surface area contributed by atoms with Crippen LogP contribution in [0.15, 0.2) is 54.6 Å². The zero-order chi connectivity index (χ0) is 13.0. The minimum absolute atomic E-state index is 1.21. The molecule has 1 heteroatoms. The number of H-pyrrole nitrogens is 1. The molecular weight excluding hydrogens is 218 g/mol. The predicted octanol–water partition coefficient (Wildman–Crippen LogP) is 5.17. The van der Waals surface area contributed by atoms with Gasteiger partial charge in [-0.3, -0.25) is 0 Å². The standard InChI is InChI=1S/C15H13N.C2H6/c1-11-15(12-7-3-2-4-8-12)13-9-5-6-10-14(13)16-11;1-2/h2-10,16H,1H3;1-2H3. The van der Waals surface area contributed by atoms with Gasteiger partial charge in [0.1, 0.15) is 0 Å². The molecule has 2 aromatic carbocycles. The highest BCUT2D eigenvalue weighted by molar-refractivity contribution is 5.97. The summed E-state index contributed by atoms with van der Waals surface area (Å²) in [6.45, 7) is 6.13. The molecule has 0 unspecified atom stereocenters. The summed E-state index contributed by atoms with van der Waals surface area (Å²) in [7, 11) is 0. The van der Waals surface area contributed by atoms with Gasteiger partial charge in [0.25, 0.3) is 0 Å². The fourth-order valence-corrected chi connectivity index (χ4v) is 2.25. The van der Waals surface area contributed by atoms with E-state index in [-0.39, 0.29) is 0 Å². The van der Waals surface area contributed by atoms with Crippen LogP contribution in [0.5, 0.6) is 0 Å². The van der Waals surface area contributed by atoms with Crippen LogP contribution in [0.25, 0.3) is 22.0 Å². The molecule has 0 spiro atoms. The highest BCUT2D eigenvalue weighted by Gasteiger charge is 2.08. The number of aromatic nitrogens is 1. The number of benzene rings is 2. The highest BCUT2D eigenvalue weighted by Crippen LogP contribution is 2.31. The Hall–Kier alpha value is -2.02. The summed E-state index contributed by atoms with van der Waals surface area (Å²) in [5, 5.41) is 1.30. The lowest BCUT2D eigenvalue weighted by Crippen LogP contribution is -1.78. The molecule has 0 aliphatic rings. The monoisotopic (exact) mass is 237 g/mol. The zero-order valence-electron chi connectivity index (χ0n) is 11.2. The quantitative estimate of drug-likeness (QED) is 0.601. The van der Waals surface area contributed by atoms with Gasteiger partial charge in [0.2, 0.25) is 0 Å². The van der Waals surface area contributed by atoms with Crippen molar-refractivity contribution in [1.82, 2.24) is 4.98 Å². The molecule has 0 bridgehead atoms. The topological polar surface area (TPSA) is 15.8 Å². The Balaban J connectivity index is 0.000000574. The molecule has 0 saturated carbocycles. The molecular formula is C17H19N. The SMILES string of the molecule is CC.Cc1[nH]c2ccccc2c1-c1ccccc1. The zero-order valence-corrected chi connectivity index (χ0v) is 11.2. The highest BCUT2D eigenvalue weighted by atomic mass is 14.7. The molecule has 0 aliphatic carbocycles. The fraction of sp³-hybridized carbons (Fsp3) is 0.176. The van der Waals surface area contributed by atoms with Crippen molar-refractivity contribution in [2.45, 2.75) is 20.8 Å². The molecule has 18 heavy (non-hydrogen) atoms. The summed E-state index contributed by atoms with van der Waals surface area (Å²) in [4.78, 5) is 3.43. The van der Waals surface area contributed by atoms with E-state index in [0.717, 1.165) is 0 Å². The van der Waals surface area contributed by atoms with Gasteiger partial charge in [-0.15, -0.1) is 0 Å². The van der Waals surface area contributed by atoms with Gasteiger partial charge in [0, 0.05) is 22.2 Å². The average Bonchev–Trinajstić information content (AvgIpc) is 2.78. The number of rotatable bonds is 1. The smallest absolute Gasteiger partial charge is 0.0462 e. The van der Waals surface area contributed by atoms with Crippen LogP contribution in [-0.4, -0.2) is 4.98 Å². The van der Waals surface area contributed by atoms with E-state index in [1.807, 2.05) is 19.9 Å². The van der Waals surface area contributed by atoms with Crippen LogP contribution < -0.4 is 0 Å². The summed E-state index contributed by atoms with van der Waals surface area (Å²) in [6.07, 6.45) is 0. The van der Waals surface area contributed by atoms with E-state index in [1.165, 1.54) is 27.7 Å². The van der Waals surface area contributed by atoms with Crippen LogP contribution in [0.2, 0.25) is 0 Å². The van der Waals surface area contributed by atoms with E-state index in [0.29, 0.717) is 0 Å². The van der Waals surface area contributed by atoms with Crippen molar-refractivity contribution >= 4 is 10.9 Å². The van der Waals surface area contributed by atoms with Gasteiger partial charge in [-0.25, -0.2) is 0 Å². The largest absolute Gasteiger partial charge is 0.358 e. The average molecular weight is 237 g/mol. The second-order valence-electron chi connectivity index (χ2n) is 4.04. The Bertz CT molecular complexity index is 620. The van der Waals surface area contributed by atoms with Crippen molar-refractivity contribution in [3.8, 4) is 11.1 Å². The Morgan fingerprint density at radius 1 is 0.778 bits per heavy atom. The maximum absolute atomic E-state index is 3.43. The maximum atomic E-state index is 3.43. The van der Waals surface area contributed by atoms with Gasteiger partial charge in [-0.1, -0.05) is 62.4 Å². The number of hydrogen-bond acceptors (Lipinski definition) is 0. The first-order valence-corrected chi connectivity index (χ1v) is 6.49. The molecule has 0 amide bonds. The van der Waals surface area contributed by atoms with Crippen molar-refractivity contribution in [3.05, 3.63) is 60.3 Å². The van der Waals surface area contributed by atoms with Gasteiger partial charge < -0.3 is 4.98 Å². The van der Waals surface area contributed by atoms with Gasteiger partial charge in [0.15, 0.2) is 0 Å². The summed E-state index contributed by atoms with van der Waals surface area (Å²) < 4.78 is 0. The van der Waals surface area contributed by atoms with Crippen molar-refractivity contribution in [1.29, 1.82) is 0 Å². The van der Waals surface area contributed by atoms with E-state index >= 15 is 0 Å². The number of aryl methyl sites for hydroxylation is 1. The Morgan fingerprint density at radius 2 is 1.39 bits per heavy atom. The molecule has 1 aromatic heterocycles. The van der Waals surface area contributed by atoms with E-state index in [4.69, 9.17) is 0 Å². The number of aromatic amines is 1. The minimum Gasteiger partial charge on any atom is -0.358 e. The second kappa shape index (κ2) is 5.54. The summed E-state index contributed by atoms with van der Waals surface area (Å²) in [5.74, 6) is 0. The van der Waals surface area contributed by atoms with E-state index in [9.17, 15) is 0 Å². The van der Waals surface area contributed by atoms with E-state index in [2.05, 4.69) is 60.4 Å². The van der Waals surface area contributed by atoms with Gasteiger partial charge in [-0.05, 0) is 18.6 Å². The predicted molar refractivity (Wildman–Crippen MR) is 79.8 cm³/mol. The van der Waals surface area contributed by atoms with Crippen molar-refractivity contribution in [2.75, 3.05) is 0 Å². The lowest BCUT2D eigenvalue weighted by molar-refractivity contribution is 1.30. The van der Waals surface area contributed by atoms with Crippen molar-refractivity contribution in [2.24, 2.45) is 0 Å². The molecule has 3 aromatic rings. The Labute approximate surface area is 108 Å². The minimum atomic E-state index is 1.21. The molecule has 1 heterocycles. The normalized spacial score (nSPS) is 9.94. The van der Waals surface area contributed by atoms with Crippen LogP contribution in [0.3, 0.4) is 0 Å². The molecule has 0 aliphatic heterocycles. The van der Waals surface area contributed by atoms with E-state index in [1.54, 1.807) is 0 Å². The molecule has 1 nitrogen and oxygen atoms in total. The first-order valence-electron chi connectivity index (χ1n) is 6.49. The van der Waals surface area contributed by atoms with Crippen LogP contribution >= 0.6 is 0 Å². The molecule has 0 saturated heterocycles. The lowest BCUT2D eigenvalue weighted by Gasteiger charge is -2.00. The number of para-hydroxylation sites is 1. The van der Waals surface area contributed by atoms with Crippen LogP contribution in [0, 0.1) is 6.92 Å². The summed E-state index contributed by atoms with van der Waals surface area (Å²) in [5.41, 5.74) is 5.03. The number of hydrogen-bond donors (Lipinski definition) is 1. The lowest BCUT2D eigenvalue weighted by atomic mass is 10.0. The molecule has 0 fully saturated rings. The van der Waals surface area contributed by atoms with Crippen LogP contribution in [0.1, 0.15) is 19.5 Å². The van der Waals surface area contributed by atoms with Gasteiger partial charge >= 0.3 is 0 Å². The van der Waals surface area contributed by atoms with Crippen molar-refractivity contribution < 1.29 is 0 Å². The first-order chi connectivity index (χ1) is 8.86.